The first kappa shape index (κ1) is 17.9. The zero-order valence-corrected chi connectivity index (χ0v) is 16.4. The van der Waals surface area contributed by atoms with Crippen molar-refractivity contribution in [3.05, 3.63) is 53.0 Å². The monoisotopic (exact) mass is 382 g/mol. The first-order chi connectivity index (χ1) is 13.1. The third kappa shape index (κ3) is 3.82. The molecule has 1 amide bonds. The summed E-state index contributed by atoms with van der Waals surface area (Å²) < 4.78 is 6.58. The molecule has 2 N–H and O–H groups in total. The maximum Gasteiger partial charge on any atom is 0.279 e. The molecule has 3 aromatic rings. The number of aromatic nitrogens is 1. The van der Waals surface area contributed by atoms with E-state index in [9.17, 15) is 4.79 Å². The lowest BCUT2D eigenvalue weighted by Gasteiger charge is -2.19. The van der Waals surface area contributed by atoms with Gasteiger partial charge < -0.3 is 15.0 Å². The van der Waals surface area contributed by atoms with Crippen molar-refractivity contribution in [3.8, 4) is 5.75 Å². The lowest BCUT2D eigenvalue weighted by Crippen LogP contribution is -3.11. The van der Waals surface area contributed by atoms with Crippen LogP contribution >= 0.6 is 11.3 Å². The van der Waals surface area contributed by atoms with Gasteiger partial charge in [0.25, 0.3) is 5.91 Å². The standard InChI is InChI=1S/C21H23N3O2S/c1-14-9-10-18(26-2)16(12-14)22-20(25)13-24-11-5-7-17(24)21-23-15-6-3-4-8-19(15)27-21/h3-4,6,8-10,12,17H,5,7,11,13H2,1-2H3,(H,22,25)/p+1/t17-/m0/s1. The Kier molecular flexibility index (Phi) is 5.09. The number of para-hydroxylation sites is 1. The van der Waals surface area contributed by atoms with Gasteiger partial charge in [0, 0.05) is 12.8 Å². The number of carbonyl (C=O) groups excluding carboxylic acids is 1. The minimum atomic E-state index is 0.0157. The molecule has 27 heavy (non-hydrogen) atoms. The molecular formula is C21H24N3O2S+. The molecule has 0 bridgehead atoms. The van der Waals surface area contributed by atoms with Gasteiger partial charge >= 0.3 is 0 Å². The van der Waals surface area contributed by atoms with Gasteiger partial charge in [-0.3, -0.25) is 4.79 Å². The van der Waals surface area contributed by atoms with Gasteiger partial charge in [0.15, 0.2) is 11.6 Å². The summed E-state index contributed by atoms with van der Waals surface area (Å²) in [6, 6.07) is 14.3. The molecule has 1 unspecified atom stereocenters. The Morgan fingerprint density at radius 3 is 3.00 bits per heavy atom. The van der Waals surface area contributed by atoms with Crippen molar-refractivity contribution in [2.24, 2.45) is 0 Å². The summed E-state index contributed by atoms with van der Waals surface area (Å²) in [5, 5.41) is 4.17. The number of likely N-dealkylation sites (tertiary alicyclic amines) is 1. The van der Waals surface area contributed by atoms with Crippen molar-refractivity contribution < 1.29 is 14.4 Å². The lowest BCUT2D eigenvalue weighted by atomic mass is 10.2. The van der Waals surface area contributed by atoms with Gasteiger partial charge in [-0.05, 0) is 36.8 Å². The van der Waals surface area contributed by atoms with Gasteiger partial charge in [-0.1, -0.05) is 18.2 Å². The Balaban J connectivity index is 1.48. The van der Waals surface area contributed by atoms with E-state index in [1.807, 2.05) is 37.3 Å². The highest BCUT2D eigenvalue weighted by atomic mass is 32.1. The number of anilines is 1. The van der Waals surface area contributed by atoms with Gasteiger partial charge in [0.05, 0.1) is 29.6 Å². The molecule has 0 saturated carbocycles. The average molecular weight is 383 g/mol. The predicted molar refractivity (Wildman–Crippen MR) is 109 cm³/mol. The molecule has 1 aliphatic heterocycles. The zero-order chi connectivity index (χ0) is 18.8. The third-order valence-corrected chi connectivity index (χ3v) is 6.26. The van der Waals surface area contributed by atoms with E-state index in [-0.39, 0.29) is 5.91 Å². The summed E-state index contributed by atoms with van der Waals surface area (Å²) in [6.45, 7) is 3.45. The maximum absolute atomic E-state index is 12.7. The molecule has 0 spiro atoms. The lowest BCUT2D eigenvalue weighted by molar-refractivity contribution is -0.910. The van der Waals surface area contributed by atoms with Crippen LogP contribution in [0.25, 0.3) is 10.2 Å². The Morgan fingerprint density at radius 2 is 2.19 bits per heavy atom. The van der Waals surface area contributed by atoms with E-state index in [4.69, 9.17) is 9.72 Å². The van der Waals surface area contributed by atoms with E-state index in [1.165, 1.54) is 9.60 Å². The first-order valence-corrected chi connectivity index (χ1v) is 10.1. The highest BCUT2D eigenvalue weighted by molar-refractivity contribution is 7.18. The van der Waals surface area contributed by atoms with Crippen molar-refractivity contribution in [2.75, 3.05) is 25.5 Å². The molecule has 1 fully saturated rings. The van der Waals surface area contributed by atoms with Gasteiger partial charge in [0.2, 0.25) is 0 Å². The van der Waals surface area contributed by atoms with E-state index >= 15 is 0 Å². The number of carbonyl (C=O) groups is 1. The second-order valence-corrected chi connectivity index (χ2v) is 8.11. The SMILES string of the molecule is COc1ccc(C)cc1NC(=O)C[NH+]1CCC[C@H]1c1nc2ccccc2s1. The number of fused-ring (bicyclic) bond motifs is 1. The molecule has 1 saturated heterocycles. The number of rotatable bonds is 5. The van der Waals surface area contributed by atoms with Gasteiger partial charge in [-0.15, -0.1) is 11.3 Å². The summed E-state index contributed by atoms with van der Waals surface area (Å²) in [4.78, 5) is 18.8. The minimum Gasteiger partial charge on any atom is -0.495 e. The molecule has 0 aliphatic carbocycles. The maximum atomic E-state index is 12.7. The molecule has 5 nitrogen and oxygen atoms in total. The fraction of sp³-hybridized carbons (Fsp3) is 0.333. The van der Waals surface area contributed by atoms with Crippen molar-refractivity contribution in [2.45, 2.75) is 25.8 Å². The number of thiazole rings is 1. The molecule has 2 heterocycles. The van der Waals surface area contributed by atoms with E-state index < -0.39 is 0 Å². The van der Waals surface area contributed by atoms with Gasteiger partial charge in [-0.2, -0.15) is 0 Å². The van der Waals surface area contributed by atoms with Crippen LogP contribution < -0.4 is 15.0 Å². The fourth-order valence-corrected chi connectivity index (χ4v) is 4.94. The van der Waals surface area contributed by atoms with E-state index in [2.05, 4.69) is 17.4 Å². The Morgan fingerprint density at radius 1 is 1.33 bits per heavy atom. The minimum absolute atomic E-state index is 0.0157. The first-order valence-electron chi connectivity index (χ1n) is 9.28. The summed E-state index contributed by atoms with van der Waals surface area (Å²) in [5.41, 5.74) is 2.88. The summed E-state index contributed by atoms with van der Waals surface area (Å²) in [7, 11) is 1.62. The number of amides is 1. The molecule has 140 valence electrons. The van der Waals surface area contributed by atoms with Crippen LogP contribution in [0.2, 0.25) is 0 Å². The molecule has 2 atom stereocenters. The van der Waals surface area contributed by atoms with Crippen LogP contribution in [0, 0.1) is 6.92 Å². The van der Waals surface area contributed by atoms with Crippen LogP contribution in [0.4, 0.5) is 5.69 Å². The number of quaternary nitrogens is 1. The van der Waals surface area contributed by atoms with Crippen LogP contribution in [0.3, 0.4) is 0 Å². The normalized spacial score (nSPS) is 19.3. The Labute approximate surface area is 163 Å². The molecule has 6 heteroatoms. The van der Waals surface area contributed by atoms with Crippen LogP contribution in [0.1, 0.15) is 29.5 Å². The number of benzene rings is 2. The van der Waals surface area contributed by atoms with Crippen molar-refractivity contribution >= 4 is 33.1 Å². The number of hydrogen-bond acceptors (Lipinski definition) is 4. The van der Waals surface area contributed by atoms with Crippen molar-refractivity contribution in [3.63, 3.8) is 0 Å². The molecular weight excluding hydrogens is 358 g/mol. The highest BCUT2D eigenvalue weighted by Crippen LogP contribution is 2.29. The van der Waals surface area contributed by atoms with E-state index in [0.29, 0.717) is 18.3 Å². The second kappa shape index (κ2) is 7.66. The smallest absolute Gasteiger partial charge is 0.279 e. The summed E-state index contributed by atoms with van der Waals surface area (Å²) in [5.74, 6) is 0.704. The van der Waals surface area contributed by atoms with Crippen molar-refractivity contribution in [1.29, 1.82) is 0 Å². The van der Waals surface area contributed by atoms with Crippen LogP contribution in [0.5, 0.6) is 5.75 Å². The fourth-order valence-electron chi connectivity index (χ4n) is 3.78. The Bertz CT molecular complexity index is 936. The zero-order valence-electron chi connectivity index (χ0n) is 15.6. The largest absolute Gasteiger partial charge is 0.495 e. The number of nitrogens with zero attached hydrogens (tertiary/aromatic N) is 1. The number of hydrogen-bond donors (Lipinski definition) is 2. The predicted octanol–water partition coefficient (Wildman–Crippen LogP) is 2.97. The number of ether oxygens (including phenoxy) is 1. The number of nitrogens with one attached hydrogen (secondary N) is 2. The van der Waals surface area contributed by atoms with Crippen LogP contribution in [0.15, 0.2) is 42.5 Å². The average Bonchev–Trinajstić information content (AvgIpc) is 3.28. The molecule has 4 rings (SSSR count). The topological polar surface area (TPSA) is 55.7 Å². The van der Waals surface area contributed by atoms with E-state index in [0.717, 1.165) is 41.2 Å². The molecule has 2 aromatic carbocycles. The van der Waals surface area contributed by atoms with Gasteiger partial charge in [-0.25, -0.2) is 4.98 Å². The van der Waals surface area contributed by atoms with Crippen molar-refractivity contribution in [1.82, 2.24) is 4.98 Å². The summed E-state index contributed by atoms with van der Waals surface area (Å²) >= 11 is 1.75. The highest BCUT2D eigenvalue weighted by Gasteiger charge is 2.34. The van der Waals surface area contributed by atoms with E-state index in [1.54, 1.807) is 18.4 Å². The Hall–Kier alpha value is -2.44. The summed E-state index contributed by atoms with van der Waals surface area (Å²) in [6.07, 6.45) is 2.20. The second-order valence-electron chi connectivity index (χ2n) is 7.05. The molecule has 1 aliphatic rings. The van der Waals surface area contributed by atoms with Crippen LogP contribution in [-0.4, -0.2) is 31.1 Å². The third-order valence-electron chi connectivity index (χ3n) is 5.11. The molecule has 0 radical (unpaired) electrons. The van der Waals surface area contributed by atoms with Crippen LogP contribution in [-0.2, 0) is 4.79 Å². The molecule has 1 aromatic heterocycles. The van der Waals surface area contributed by atoms with Gasteiger partial charge in [0.1, 0.15) is 11.8 Å². The number of aryl methyl sites for hydroxylation is 1. The number of methoxy groups -OCH3 is 1. The quantitative estimate of drug-likeness (QED) is 0.713.